The van der Waals surface area contributed by atoms with Crippen LogP contribution in [-0.2, 0) is 4.74 Å². The van der Waals surface area contributed by atoms with Gasteiger partial charge in [0, 0.05) is 13.1 Å². The summed E-state index contributed by atoms with van der Waals surface area (Å²) in [4.78, 5) is 3.42. The smallest absolute Gasteiger partial charge is 0.186 e. The summed E-state index contributed by atoms with van der Waals surface area (Å²) < 4.78 is 5.20. The number of thiol groups is 1. The van der Waals surface area contributed by atoms with Crippen LogP contribution in [-0.4, -0.2) is 10.8 Å². The number of rotatable bonds is 0. The second-order valence-electron chi connectivity index (χ2n) is 2.12. The normalized spacial score (nSPS) is 33.4. The third-order valence-electron chi connectivity index (χ3n) is 0.994. The van der Waals surface area contributed by atoms with Crippen molar-refractivity contribution < 1.29 is 4.74 Å². The fourth-order valence-electron chi connectivity index (χ4n) is 0.640. The summed E-state index contributed by atoms with van der Waals surface area (Å²) in [5.41, 5.74) is 0. The van der Waals surface area contributed by atoms with Gasteiger partial charge in [0.1, 0.15) is 0 Å². The molecule has 1 aliphatic heterocycles. The average molecular weight is 143 g/mol. The molecule has 3 heteroatoms. The van der Waals surface area contributed by atoms with E-state index in [9.17, 15) is 0 Å². The van der Waals surface area contributed by atoms with Gasteiger partial charge >= 0.3 is 0 Å². The molecule has 1 atom stereocenters. The van der Waals surface area contributed by atoms with Crippen LogP contribution in [0.25, 0.3) is 0 Å². The lowest BCUT2D eigenvalue weighted by Gasteiger charge is -2.22. The quantitative estimate of drug-likeness (QED) is 0.511. The van der Waals surface area contributed by atoms with Crippen molar-refractivity contribution in [3.8, 4) is 0 Å². The van der Waals surface area contributed by atoms with Crippen molar-refractivity contribution in [2.45, 2.75) is 18.8 Å². The van der Waals surface area contributed by atoms with Crippen molar-refractivity contribution in [3.63, 3.8) is 0 Å². The van der Waals surface area contributed by atoms with Crippen molar-refractivity contribution in [1.82, 2.24) is 0 Å². The molecule has 2 nitrogen and oxygen atoms in total. The van der Waals surface area contributed by atoms with E-state index >= 15 is 0 Å². The Labute approximate surface area is 60.0 Å². The van der Waals surface area contributed by atoms with Crippen molar-refractivity contribution in [2.75, 3.05) is 0 Å². The van der Waals surface area contributed by atoms with Crippen LogP contribution >= 0.6 is 12.6 Å². The molecule has 0 saturated heterocycles. The van der Waals surface area contributed by atoms with Gasteiger partial charge in [0.25, 0.3) is 0 Å². The van der Waals surface area contributed by atoms with E-state index in [-0.39, 0.29) is 0 Å². The zero-order valence-electron chi connectivity index (χ0n) is 5.46. The Kier molecular flexibility index (Phi) is 1.53. The first-order chi connectivity index (χ1) is 4.10. The topological polar surface area (TPSA) is 21.6 Å². The summed E-state index contributed by atoms with van der Waals surface area (Å²) in [5, 5.41) is 0. The van der Waals surface area contributed by atoms with E-state index in [1.807, 2.05) is 6.92 Å². The largest absolute Gasteiger partial charge is 0.460 e. The standard InChI is InChI=1S/C6H9NOS/c1-5-7-4-3-6(2,9)8-5/h3-4,9H,1-2H3. The lowest BCUT2D eigenvalue weighted by Crippen LogP contribution is -2.23. The fourth-order valence-corrected chi connectivity index (χ4v) is 0.839. The van der Waals surface area contributed by atoms with E-state index in [0.717, 1.165) is 0 Å². The minimum atomic E-state index is -0.466. The molecule has 0 amide bonds. The summed E-state index contributed by atoms with van der Waals surface area (Å²) in [7, 11) is 0. The van der Waals surface area contributed by atoms with Gasteiger partial charge in [0.15, 0.2) is 10.8 Å². The third kappa shape index (κ3) is 1.75. The summed E-state index contributed by atoms with van der Waals surface area (Å²) >= 11 is 4.19. The minimum Gasteiger partial charge on any atom is -0.460 e. The third-order valence-corrected chi connectivity index (χ3v) is 1.23. The van der Waals surface area contributed by atoms with Gasteiger partial charge in [-0.3, -0.25) is 0 Å². The molecule has 0 fully saturated rings. The van der Waals surface area contributed by atoms with Crippen molar-refractivity contribution in [2.24, 2.45) is 4.99 Å². The van der Waals surface area contributed by atoms with E-state index in [4.69, 9.17) is 4.74 Å². The van der Waals surface area contributed by atoms with Crippen molar-refractivity contribution in [3.05, 3.63) is 12.3 Å². The monoisotopic (exact) mass is 143 g/mol. The van der Waals surface area contributed by atoms with Crippen LogP contribution in [0.5, 0.6) is 0 Å². The summed E-state index contributed by atoms with van der Waals surface area (Å²) in [5.74, 6) is 0.662. The highest BCUT2D eigenvalue weighted by atomic mass is 32.1. The fraction of sp³-hybridized carbons (Fsp3) is 0.500. The highest BCUT2D eigenvalue weighted by Gasteiger charge is 2.19. The van der Waals surface area contributed by atoms with Gasteiger partial charge in [-0.2, -0.15) is 0 Å². The van der Waals surface area contributed by atoms with Gasteiger partial charge in [-0.1, -0.05) is 0 Å². The maximum Gasteiger partial charge on any atom is 0.186 e. The number of hydrogen-bond donors (Lipinski definition) is 1. The molecule has 0 aromatic heterocycles. The van der Waals surface area contributed by atoms with E-state index in [0.29, 0.717) is 5.90 Å². The molecule has 50 valence electrons. The Balaban J connectivity index is 2.73. The minimum absolute atomic E-state index is 0.466. The molecule has 1 heterocycles. The molecule has 9 heavy (non-hydrogen) atoms. The Bertz CT molecular complexity index is 172. The molecule has 0 spiro atoms. The van der Waals surface area contributed by atoms with Gasteiger partial charge in [0.05, 0.1) is 0 Å². The lowest BCUT2D eigenvalue weighted by atomic mass is 10.3. The predicted octanol–water partition coefficient (Wildman–Crippen LogP) is 1.59. The highest BCUT2D eigenvalue weighted by Crippen LogP contribution is 2.20. The zero-order valence-corrected chi connectivity index (χ0v) is 6.35. The van der Waals surface area contributed by atoms with Crippen LogP contribution in [0.15, 0.2) is 17.3 Å². The van der Waals surface area contributed by atoms with Crippen molar-refractivity contribution >= 4 is 18.5 Å². The van der Waals surface area contributed by atoms with Crippen LogP contribution in [0, 0.1) is 0 Å². The predicted molar refractivity (Wildman–Crippen MR) is 40.7 cm³/mol. The molecular weight excluding hydrogens is 134 g/mol. The van der Waals surface area contributed by atoms with Crippen LogP contribution in [0.2, 0.25) is 0 Å². The first kappa shape index (κ1) is 6.68. The molecule has 0 saturated carbocycles. The van der Waals surface area contributed by atoms with Gasteiger partial charge in [-0.05, 0) is 13.0 Å². The van der Waals surface area contributed by atoms with Crippen LogP contribution in [0.3, 0.4) is 0 Å². The molecule has 1 rings (SSSR count). The number of ether oxygens (including phenoxy) is 1. The maximum absolute atomic E-state index is 5.20. The number of hydrogen-bond acceptors (Lipinski definition) is 3. The van der Waals surface area contributed by atoms with Gasteiger partial charge in [-0.25, -0.2) is 4.99 Å². The van der Waals surface area contributed by atoms with Crippen LogP contribution < -0.4 is 0 Å². The zero-order chi connectivity index (χ0) is 6.91. The maximum atomic E-state index is 5.20. The van der Waals surface area contributed by atoms with E-state index in [1.165, 1.54) is 0 Å². The summed E-state index contributed by atoms with van der Waals surface area (Å²) in [6, 6.07) is 0. The average Bonchev–Trinajstić information content (AvgIpc) is 1.60. The first-order valence-corrected chi connectivity index (χ1v) is 3.18. The van der Waals surface area contributed by atoms with E-state index in [2.05, 4.69) is 17.6 Å². The summed E-state index contributed by atoms with van der Waals surface area (Å²) in [6.45, 7) is 3.67. The Morgan fingerprint density at radius 1 is 1.78 bits per heavy atom. The molecule has 1 unspecified atom stereocenters. The Morgan fingerprint density at radius 3 is 2.78 bits per heavy atom. The lowest BCUT2D eigenvalue weighted by molar-refractivity contribution is 0.217. The van der Waals surface area contributed by atoms with Crippen molar-refractivity contribution in [1.29, 1.82) is 0 Å². The molecular formula is C6H9NOS. The molecule has 1 aliphatic rings. The van der Waals surface area contributed by atoms with Gasteiger partial charge in [-0.15, -0.1) is 12.6 Å². The van der Waals surface area contributed by atoms with Crippen LogP contribution in [0.1, 0.15) is 13.8 Å². The second kappa shape index (κ2) is 2.06. The Morgan fingerprint density at radius 2 is 2.44 bits per heavy atom. The number of nitrogens with zero attached hydrogens (tertiary/aromatic N) is 1. The molecule has 0 radical (unpaired) electrons. The molecule has 0 N–H and O–H groups in total. The first-order valence-electron chi connectivity index (χ1n) is 2.74. The molecule has 0 aliphatic carbocycles. The summed E-state index contributed by atoms with van der Waals surface area (Å²) in [6.07, 6.45) is 3.49. The SMILES string of the molecule is CC1=NC=CC(C)(S)O1. The van der Waals surface area contributed by atoms with E-state index in [1.54, 1.807) is 19.2 Å². The Hall–Kier alpha value is -0.440. The van der Waals surface area contributed by atoms with Gasteiger partial charge in [0.2, 0.25) is 0 Å². The van der Waals surface area contributed by atoms with Gasteiger partial charge < -0.3 is 4.74 Å². The molecule has 0 aromatic rings. The number of aliphatic imine (C=N–C) groups is 1. The van der Waals surface area contributed by atoms with Crippen LogP contribution in [0.4, 0.5) is 0 Å². The van der Waals surface area contributed by atoms with E-state index < -0.39 is 4.93 Å². The second-order valence-corrected chi connectivity index (χ2v) is 3.01. The molecule has 0 bridgehead atoms. The highest BCUT2D eigenvalue weighted by molar-refractivity contribution is 7.81. The molecule has 0 aromatic carbocycles.